The molecule has 0 unspecified atom stereocenters. The van der Waals surface area contributed by atoms with Crippen LogP contribution < -0.4 is 10.7 Å². The van der Waals surface area contributed by atoms with Gasteiger partial charge >= 0.3 is 0 Å². The van der Waals surface area contributed by atoms with E-state index in [1.54, 1.807) is 12.1 Å². The molecule has 1 amide bonds. The summed E-state index contributed by atoms with van der Waals surface area (Å²) in [4.78, 5) is 26.3. The molecule has 0 radical (unpaired) electrons. The number of nitrogens with one attached hydrogen (secondary N) is 1. The monoisotopic (exact) mass is 353 g/mol. The van der Waals surface area contributed by atoms with Crippen LogP contribution in [0.2, 0.25) is 0 Å². The molecule has 138 valence electrons. The van der Waals surface area contributed by atoms with Crippen molar-refractivity contribution in [2.75, 3.05) is 18.4 Å². The lowest BCUT2D eigenvalue weighted by molar-refractivity contribution is -0.116. The van der Waals surface area contributed by atoms with E-state index >= 15 is 0 Å². The van der Waals surface area contributed by atoms with Crippen molar-refractivity contribution >= 4 is 11.6 Å². The third-order valence-electron chi connectivity index (χ3n) is 4.95. The molecule has 0 saturated carbocycles. The first-order chi connectivity index (χ1) is 12.5. The zero-order chi connectivity index (χ0) is 18.5. The van der Waals surface area contributed by atoms with E-state index in [0.29, 0.717) is 0 Å². The molecule has 2 heterocycles. The van der Waals surface area contributed by atoms with Crippen molar-refractivity contribution < 1.29 is 4.79 Å². The smallest absolute Gasteiger partial charge is 0.244 e. The van der Waals surface area contributed by atoms with Crippen LogP contribution in [-0.4, -0.2) is 28.5 Å². The molecule has 0 bridgehead atoms. The van der Waals surface area contributed by atoms with Crippen LogP contribution in [0.1, 0.15) is 36.2 Å². The summed E-state index contributed by atoms with van der Waals surface area (Å²) in [6.45, 7) is 7.22. The zero-order valence-electron chi connectivity index (χ0n) is 15.6. The van der Waals surface area contributed by atoms with Crippen LogP contribution >= 0.6 is 0 Å². The van der Waals surface area contributed by atoms with Crippen molar-refractivity contribution in [3.05, 3.63) is 63.6 Å². The number of amides is 1. The van der Waals surface area contributed by atoms with Crippen molar-refractivity contribution in [2.24, 2.45) is 0 Å². The maximum absolute atomic E-state index is 12.4. The number of carbonyl (C=O) groups excluding carboxylic acids is 1. The number of carbonyl (C=O) groups is 1. The maximum Gasteiger partial charge on any atom is 0.244 e. The van der Waals surface area contributed by atoms with Gasteiger partial charge in [-0.25, -0.2) is 0 Å². The topological polar surface area (TPSA) is 54.3 Å². The molecule has 1 saturated heterocycles. The number of rotatable bonds is 5. The molecule has 1 aliphatic heterocycles. The van der Waals surface area contributed by atoms with E-state index in [9.17, 15) is 9.59 Å². The summed E-state index contributed by atoms with van der Waals surface area (Å²) in [5.41, 5.74) is 3.63. The number of hydrogen-bond donors (Lipinski definition) is 1. The lowest BCUT2D eigenvalue weighted by Gasteiger charge is -2.26. The van der Waals surface area contributed by atoms with Gasteiger partial charge in [0.05, 0.1) is 0 Å². The number of pyridine rings is 1. The minimum absolute atomic E-state index is 0.0269. The fourth-order valence-corrected chi connectivity index (χ4v) is 3.55. The van der Waals surface area contributed by atoms with Crippen LogP contribution in [0, 0.1) is 13.8 Å². The average Bonchev–Trinajstić information content (AvgIpc) is 2.61. The lowest BCUT2D eigenvalue weighted by atomic mass is 10.1. The Hall–Kier alpha value is -2.40. The van der Waals surface area contributed by atoms with E-state index in [-0.39, 0.29) is 17.9 Å². The molecule has 1 N–H and O–H groups in total. The Kier molecular flexibility index (Phi) is 5.89. The molecule has 1 aliphatic rings. The van der Waals surface area contributed by atoms with Gasteiger partial charge in [-0.15, -0.1) is 0 Å². The van der Waals surface area contributed by atoms with Crippen molar-refractivity contribution in [1.29, 1.82) is 0 Å². The highest BCUT2D eigenvalue weighted by Gasteiger charge is 2.11. The highest BCUT2D eigenvalue weighted by Crippen LogP contribution is 2.15. The summed E-state index contributed by atoms with van der Waals surface area (Å²) >= 11 is 0. The number of anilines is 1. The summed E-state index contributed by atoms with van der Waals surface area (Å²) in [7, 11) is 0. The molecule has 1 aromatic heterocycles. The fraction of sp³-hybridized carbons (Fsp3) is 0.429. The Morgan fingerprint density at radius 3 is 2.23 bits per heavy atom. The quantitative estimate of drug-likeness (QED) is 0.899. The second kappa shape index (κ2) is 8.32. The molecule has 2 aromatic rings. The van der Waals surface area contributed by atoms with Crippen LogP contribution in [0.25, 0.3) is 0 Å². The van der Waals surface area contributed by atoms with Gasteiger partial charge in [0.15, 0.2) is 5.43 Å². The SMILES string of the molecule is Cc1cc(=O)cc(C)n1CC(=O)Nc1ccc(CN2CCCCC2)cc1. The minimum atomic E-state index is -0.0939. The third-order valence-corrected chi connectivity index (χ3v) is 4.95. The molecule has 3 rings (SSSR count). The molecule has 0 spiro atoms. The Morgan fingerprint density at radius 2 is 1.62 bits per heavy atom. The molecular weight excluding hydrogens is 326 g/mol. The number of benzene rings is 1. The third kappa shape index (κ3) is 4.82. The number of aryl methyl sites for hydroxylation is 2. The first-order valence-electron chi connectivity index (χ1n) is 9.30. The predicted molar refractivity (Wildman–Crippen MR) is 104 cm³/mol. The van der Waals surface area contributed by atoms with Crippen LogP contribution in [0.15, 0.2) is 41.2 Å². The number of aromatic nitrogens is 1. The summed E-state index contributed by atoms with van der Waals surface area (Å²) in [6.07, 6.45) is 3.92. The van der Waals surface area contributed by atoms with Gasteiger partial charge in [0, 0.05) is 35.8 Å². The predicted octanol–water partition coefficient (Wildman–Crippen LogP) is 3.09. The van der Waals surface area contributed by atoms with Crippen LogP contribution in [-0.2, 0) is 17.9 Å². The standard InChI is InChI=1S/C21H27N3O2/c1-16-12-20(25)13-17(2)24(16)15-21(26)22-19-8-6-18(7-9-19)14-23-10-4-3-5-11-23/h6-9,12-13H,3-5,10-11,14-15H2,1-2H3,(H,22,26). The number of nitrogens with zero attached hydrogens (tertiary/aromatic N) is 2. The van der Waals surface area contributed by atoms with Crippen LogP contribution in [0.4, 0.5) is 5.69 Å². The van der Waals surface area contributed by atoms with Crippen LogP contribution in [0.3, 0.4) is 0 Å². The van der Waals surface area contributed by atoms with E-state index in [4.69, 9.17) is 0 Å². The van der Waals surface area contributed by atoms with E-state index in [0.717, 1.165) is 23.6 Å². The Labute approximate surface area is 154 Å². The molecule has 5 nitrogen and oxygen atoms in total. The second-order valence-corrected chi connectivity index (χ2v) is 7.14. The van der Waals surface area contributed by atoms with E-state index in [1.807, 2.05) is 30.5 Å². The number of likely N-dealkylation sites (tertiary alicyclic amines) is 1. The minimum Gasteiger partial charge on any atom is -0.340 e. The first kappa shape index (κ1) is 18.4. The summed E-state index contributed by atoms with van der Waals surface area (Å²) < 4.78 is 1.85. The van der Waals surface area contributed by atoms with E-state index in [1.165, 1.54) is 37.9 Å². The highest BCUT2D eigenvalue weighted by atomic mass is 16.2. The van der Waals surface area contributed by atoms with Crippen LogP contribution in [0.5, 0.6) is 0 Å². The van der Waals surface area contributed by atoms with Gasteiger partial charge in [-0.1, -0.05) is 18.6 Å². The van der Waals surface area contributed by atoms with Gasteiger partial charge in [0.1, 0.15) is 6.54 Å². The highest BCUT2D eigenvalue weighted by molar-refractivity contribution is 5.90. The zero-order valence-corrected chi connectivity index (χ0v) is 15.6. The molecule has 26 heavy (non-hydrogen) atoms. The number of piperidine rings is 1. The van der Waals surface area contributed by atoms with Gasteiger partial charge in [0.25, 0.3) is 0 Å². The van der Waals surface area contributed by atoms with Gasteiger partial charge in [-0.2, -0.15) is 0 Å². The van der Waals surface area contributed by atoms with E-state index < -0.39 is 0 Å². The van der Waals surface area contributed by atoms with E-state index in [2.05, 4.69) is 22.3 Å². The van der Waals surface area contributed by atoms with Crippen molar-refractivity contribution in [3.8, 4) is 0 Å². The van der Waals surface area contributed by atoms with Gasteiger partial charge in [0.2, 0.25) is 5.91 Å². The fourth-order valence-electron chi connectivity index (χ4n) is 3.55. The van der Waals surface area contributed by atoms with Gasteiger partial charge < -0.3 is 9.88 Å². The molecule has 0 aliphatic carbocycles. The molecular formula is C21H27N3O2. The summed E-state index contributed by atoms with van der Waals surface area (Å²) in [5.74, 6) is -0.0939. The average molecular weight is 353 g/mol. The first-order valence-corrected chi connectivity index (χ1v) is 9.30. The maximum atomic E-state index is 12.4. The Bertz CT molecular complexity index is 792. The number of hydrogen-bond acceptors (Lipinski definition) is 3. The van der Waals surface area contributed by atoms with Gasteiger partial charge in [-0.05, 0) is 57.5 Å². The Balaban J connectivity index is 1.58. The largest absolute Gasteiger partial charge is 0.340 e. The Morgan fingerprint density at radius 1 is 1.00 bits per heavy atom. The van der Waals surface area contributed by atoms with Gasteiger partial charge in [-0.3, -0.25) is 14.5 Å². The molecule has 0 atom stereocenters. The molecule has 5 heteroatoms. The van der Waals surface area contributed by atoms with Crippen molar-refractivity contribution in [3.63, 3.8) is 0 Å². The second-order valence-electron chi connectivity index (χ2n) is 7.14. The lowest BCUT2D eigenvalue weighted by Crippen LogP contribution is -2.29. The van der Waals surface area contributed by atoms with Crippen molar-refractivity contribution in [1.82, 2.24) is 9.47 Å². The van der Waals surface area contributed by atoms with Crippen molar-refractivity contribution in [2.45, 2.75) is 46.2 Å². The summed E-state index contributed by atoms with van der Waals surface area (Å²) in [6, 6.07) is 11.2. The molecule has 1 aromatic carbocycles. The normalized spacial score (nSPS) is 15.0. The summed E-state index contributed by atoms with van der Waals surface area (Å²) in [5, 5.41) is 2.94. The molecule has 1 fully saturated rings.